The van der Waals surface area contributed by atoms with E-state index in [0.717, 1.165) is 12.1 Å². The highest BCUT2D eigenvalue weighted by Gasteiger charge is 2.29. The molecule has 7 heteroatoms. The zero-order chi connectivity index (χ0) is 15.0. The topological polar surface area (TPSA) is 64.4 Å². The Bertz CT molecular complexity index is 704. The van der Waals surface area contributed by atoms with Gasteiger partial charge in [0.25, 0.3) is 5.91 Å². The lowest BCUT2D eigenvalue weighted by Crippen LogP contribution is -2.25. The van der Waals surface area contributed by atoms with Crippen LogP contribution in [0.5, 0.6) is 0 Å². The highest BCUT2D eigenvalue weighted by molar-refractivity contribution is 7.12. The van der Waals surface area contributed by atoms with Crippen molar-refractivity contribution in [2.24, 2.45) is 0 Å². The first kappa shape index (κ1) is 13.8. The molecule has 0 radical (unpaired) electrons. The smallest absolute Gasteiger partial charge is 0.358 e. The molecule has 0 saturated carbocycles. The first-order valence-electron chi connectivity index (χ1n) is 6.70. The molecule has 0 atom stereocenters. The fourth-order valence-corrected chi connectivity index (χ4v) is 3.16. The van der Waals surface area contributed by atoms with Gasteiger partial charge < -0.3 is 9.64 Å². The van der Waals surface area contributed by atoms with Gasteiger partial charge >= 0.3 is 5.97 Å². The second-order valence-corrected chi connectivity index (χ2v) is 5.76. The monoisotopic (exact) mass is 305 g/mol. The fraction of sp³-hybridized carbons (Fsp3) is 0.357. The number of aromatic nitrogens is 2. The van der Waals surface area contributed by atoms with Crippen LogP contribution in [-0.2, 0) is 11.3 Å². The van der Waals surface area contributed by atoms with E-state index in [4.69, 9.17) is 4.74 Å². The molecular weight excluding hydrogens is 290 g/mol. The van der Waals surface area contributed by atoms with E-state index in [0.29, 0.717) is 23.7 Å². The minimum atomic E-state index is -0.440. The SMILES string of the molecule is CCCOC(=O)c1ncn2c1CN(C)C(=O)c1sccc1-2. The van der Waals surface area contributed by atoms with Crippen LogP contribution < -0.4 is 0 Å². The lowest BCUT2D eigenvalue weighted by Gasteiger charge is -2.13. The molecule has 1 aliphatic heterocycles. The largest absolute Gasteiger partial charge is 0.461 e. The predicted molar refractivity (Wildman–Crippen MR) is 77.8 cm³/mol. The third kappa shape index (κ3) is 2.23. The summed E-state index contributed by atoms with van der Waals surface area (Å²) in [5.74, 6) is -0.485. The van der Waals surface area contributed by atoms with Crippen molar-refractivity contribution in [1.82, 2.24) is 14.5 Å². The molecule has 1 amide bonds. The Hall–Kier alpha value is -2.15. The van der Waals surface area contributed by atoms with Crippen LogP contribution >= 0.6 is 11.3 Å². The van der Waals surface area contributed by atoms with Gasteiger partial charge in [-0.25, -0.2) is 9.78 Å². The standard InChI is InChI=1S/C14H15N3O3S/c1-3-5-20-14(19)11-10-7-16(2)13(18)12-9(4-6-21-12)17(10)8-15-11/h4,6,8H,3,5,7H2,1-2H3. The Labute approximate surface area is 126 Å². The predicted octanol–water partition coefficient (Wildman–Crippen LogP) is 2.09. The van der Waals surface area contributed by atoms with Crippen LogP contribution in [0.15, 0.2) is 17.8 Å². The lowest BCUT2D eigenvalue weighted by atomic mass is 10.3. The van der Waals surface area contributed by atoms with E-state index in [1.807, 2.05) is 18.4 Å². The third-order valence-electron chi connectivity index (χ3n) is 3.33. The van der Waals surface area contributed by atoms with E-state index >= 15 is 0 Å². The van der Waals surface area contributed by atoms with Gasteiger partial charge in [0, 0.05) is 7.05 Å². The zero-order valence-corrected chi connectivity index (χ0v) is 12.6. The van der Waals surface area contributed by atoms with Gasteiger partial charge in [-0.15, -0.1) is 11.3 Å². The second-order valence-electron chi connectivity index (χ2n) is 4.84. The maximum Gasteiger partial charge on any atom is 0.358 e. The van der Waals surface area contributed by atoms with E-state index in [2.05, 4.69) is 4.98 Å². The molecular formula is C14H15N3O3S. The molecule has 0 N–H and O–H groups in total. The van der Waals surface area contributed by atoms with Crippen molar-refractivity contribution >= 4 is 23.2 Å². The van der Waals surface area contributed by atoms with Gasteiger partial charge in [-0.05, 0) is 17.9 Å². The zero-order valence-electron chi connectivity index (χ0n) is 11.8. The van der Waals surface area contributed by atoms with Gasteiger partial charge in [0.2, 0.25) is 0 Å². The van der Waals surface area contributed by atoms with E-state index in [9.17, 15) is 9.59 Å². The summed E-state index contributed by atoms with van der Waals surface area (Å²) in [6, 6.07) is 1.86. The highest BCUT2D eigenvalue weighted by atomic mass is 32.1. The molecule has 0 bridgehead atoms. The summed E-state index contributed by atoms with van der Waals surface area (Å²) in [5, 5.41) is 1.86. The molecule has 110 valence electrons. The van der Waals surface area contributed by atoms with Crippen molar-refractivity contribution in [2.45, 2.75) is 19.9 Å². The molecule has 0 fully saturated rings. The Morgan fingerprint density at radius 1 is 1.52 bits per heavy atom. The average molecular weight is 305 g/mol. The summed E-state index contributed by atoms with van der Waals surface area (Å²) in [5.41, 5.74) is 1.73. The summed E-state index contributed by atoms with van der Waals surface area (Å²) in [6.45, 7) is 2.63. The number of ether oxygens (including phenoxy) is 1. The Morgan fingerprint density at radius 2 is 2.33 bits per heavy atom. The average Bonchev–Trinajstić information content (AvgIpc) is 3.08. The number of esters is 1. The Balaban J connectivity index is 2.06. The lowest BCUT2D eigenvalue weighted by molar-refractivity contribution is 0.0494. The highest BCUT2D eigenvalue weighted by Crippen LogP contribution is 2.29. The van der Waals surface area contributed by atoms with Crippen LogP contribution in [0.2, 0.25) is 0 Å². The van der Waals surface area contributed by atoms with Crippen molar-refractivity contribution in [3.8, 4) is 5.69 Å². The molecule has 6 nitrogen and oxygen atoms in total. The third-order valence-corrected chi connectivity index (χ3v) is 4.22. The number of imidazole rings is 1. The van der Waals surface area contributed by atoms with E-state index < -0.39 is 5.97 Å². The van der Waals surface area contributed by atoms with Crippen LogP contribution in [0, 0.1) is 0 Å². The van der Waals surface area contributed by atoms with Crippen molar-refractivity contribution in [3.63, 3.8) is 0 Å². The number of nitrogens with zero attached hydrogens (tertiary/aromatic N) is 3. The van der Waals surface area contributed by atoms with E-state index in [1.54, 1.807) is 22.8 Å². The van der Waals surface area contributed by atoms with E-state index in [1.165, 1.54) is 11.3 Å². The van der Waals surface area contributed by atoms with Gasteiger partial charge in [0.1, 0.15) is 11.2 Å². The normalized spacial score (nSPS) is 13.6. The molecule has 2 aromatic rings. The van der Waals surface area contributed by atoms with Crippen LogP contribution in [0.25, 0.3) is 5.69 Å². The molecule has 0 aromatic carbocycles. The van der Waals surface area contributed by atoms with Crippen molar-refractivity contribution < 1.29 is 14.3 Å². The number of amides is 1. The molecule has 3 rings (SSSR count). The van der Waals surface area contributed by atoms with Gasteiger partial charge in [0.05, 0.1) is 24.5 Å². The Kier molecular flexibility index (Phi) is 3.50. The van der Waals surface area contributed by atoms with Crippen molar-refractivity contribution in [2.75, 3.05) is 13.7 Å². The minimum Gasteiger partial charge on any atom is -0.461 e. The van der Waals surface area contributed by atoms with E-state index in [-0.39, 0.29) is 11.6 Å². The summed E-state index contributed by atoms with van der Waals surface area (Å²) in [7, 11) is 1.72. The Morgan fingerprint density at radius 3 is 3.10 bits per heavy atom. The van der Waals surface area contributed by atoms with Gasteiger partial charge in [-0.2, -0.15) is 0 Å². The quantitative estimate of drug-likeness (QED) is 0.815. The number of carbonyl (C=O) groups is 2. The van der Waals surface area contributed by atoms with Crippen LogP contribution in [-0.4, -0.2) is 40.0 Å². The summed E-state index contributed by atoms with van der Waals surface area (Å²) in [6.07, 6.45) is 2.34. The van der Waals surface area contributed by atoms with Crippen LogP contribution in [0.3, 0.4) is 0 Å². The van der Waals surface area contributed by atoms with Crippen molar-refractivity contribution in [1.29, 1.82) is 0 Å². The van der Waals surface area contributed by atoms with Gasteiger partial charge in [-0.1, -0.05) is 6.92 Å². The van der Waals surface area contributed by atoms with Crippen LogP contribution in [0.1, 0.15) is 39.2 Å². The fourth-order valence-electron chi connectivity index (χ4n) is 2.29. The molecule has 2 aromatic heterocycles. The number of fused-ring (bicyclic) bond motifs is 3. The summed E-state index contributed by atoms with van der Waals surface area (Å²) >= 11 is 1.39. The van der Waals surface area contributed by atoms with Gasteiger partial charge in [-0.3, -0.25) is 9.36 Å². The molecule has 0 saturated heterocycles. The summed E-state index contributed by atoms with van der Waals surface area (Å²) < 4.78 is 6.96. The molecule has 0 aliphatic carbocycles. The summed E-state index contributed by atoms with van der Waals surface area (Å²) in [4.78, 5) is 30.8. The number of hydrogen-bond acceptors (Lipinski definition) is 5. The first-order chi connectivity index (χ1) is 10.1. The number of carbonyl (C=O) groups excluding carboxylic acids is 2. The minimum absolute atomic E-state index is 0.0448. The van der Waals surface area contributed by atoms with Crippen LogP contribution in [0.4, 0.5) is 0 Å². The number of rotatable bonds is 3. The number of thiophene rings is 1. The first-order valence-corrected chi connectivity index (χ1v) is 7.58. The molecule has 3 heterocycles. The van der Waals surface area contributed by atoms with Crippen molar-refractivity contribution in [3.05, 3.63) is 34.0 Å². The molecule has 1 aliphatic rings. The molecule has 21 heavy (non-hydrogen) atoms. The number of hydrogen-bond donors (Lipinski definition) is 0. The molecule has 0 spiro atoms. The second kappa shape index (κ2) is 5.33. The van der Waals surface area contributed by atoms with Gasteiger partial charge in [0.15, 0.2) is 5.69 Å². The maximum atomic E-state index is 12.3. The maximum absolute atomic E-state index is 12.3. The molecule has 0 unspecified atom stereocenters.